The zero-order valence-corrected chi connectivity index (χ0v) is 30.0. The Labute approximate surface area is 282 Å². The molecular formula is C38H49F2N5OS. The summed E-state index contributed by atoms with van der Waals surface area (Å²) in [6.07, 6.45) is 5.36. The maximum absolute atomic E-state index is 17.0. The highest BCUT2D eigenvalue weighted by Crippen LogP contribution is 2.44. The van der Waals surface area contributed by atoms with E-state index >= 15 is 8.78 Å². The van der Waals surface area contributed by atoms with Crippen molar-refractivity contribution in [3.63, 3.8) is 0 Å². The Balaban J connectivity index is 1.70. The molecule has 0 aliphatic carbocycles. The van der Waals surface area contributed by atoms with Crippen LogP contribution in [-0.4, -0.2) is 53.7 Å². The van der Waals surface area contributed by atoms with Crippen LogP contribution < -0.4 is 9.64 Å². The monoisotopic (exact) mass is 661 g/mol. The van der Waals surface area contributed by atoms with Gasteiger partial charge in [0.1, 0.15) is 29.8 Å². The van der Waals surface area contributed by atoms with Crippen LogP contribution in [0.1, 0.15) is 96.9 Å². The molecule has 0 N–H and O–H groups in total. The Morgan fingerprint density at radius 1 is 1.06 bits per heavy atom. The van der Waals surface area contributed by atoms with Gasteiger partial charge in [-0.05, 0) is 81.6 Å². The SMILES string of the molecule is CCC(C)CCC(C(C)C)N(CC)c1nc(OCC2CCCN2C)nc2c(F)c(-c3ccc(F)c4sc(C(C)C)c(C#N)c34)ccc12. The fourth-order valence-corrected chi connectivity index (χ4v) is 8.14. The predicted octanol–water partition coefficient (Wildman–Crippen LogP) is 9.93. The summed E-state index contributed by atoms with van der Waals surface area (Å²) in [6, 6.07) is 9.45. The summed E-state index contributed by atoms with van der Waals surface area (Å²) in [5.41, 5.74) is 1.33. The molecule has 1 aliphatic heterocycles. The number of nitriles is 1. The highest BCUT2D eigenvalue weighted by atomic mass is 32.1. The molecule has 1 saturated heterocycles. The largest absolute Gasteiger partial charge is 0.462 e. The van der Waals surface area contributed by atoms with E-state index in [-0.39, 0.29) is 35.1 Å². The van der Waals surface area contributed by atoms with Crippen LogP contribution in [0.2, 0.25) is 0 Å². The molecule has 252 valence electrons. The average molecular weight is 662 g/mol. The highest BCUT2D eigenvalue weighted by molar-refractivity contribution is 7.19. The molecule has 47 heavy (non-hydrogen) atoms. The summed E-state index contributed by atoms with van der Waals surface area (Å²) in [5.74, 6) is 0.707. The minimum absolute atomic E-state index is 0.0268. The van der Waals surface area contributed by atoms with Gasteiger partial charge in [0, 0.05) is 39.8 Å². The third-order valence-corrected chi connectivity index (χ3v) is 11.5. The zero-order valence-electron chi connectivity index (χ0n) is 29.2. The normalized spacial score (nSPS) is 16.8. The van der Waals surface area contributed by atoms with E-state index in [4.69, 9.17) is 14.7 Å². The summed E-state index contributed by atoms with van der Waals surface area (Å²) in [4.78, 5) is 15.0. The Kier molecular flexibility index (Phi) is 11.0. The van der Waals surface area contributed by atoms with Crippen LogP contribution in [0.3, 0.4) is 0 Å². The van der Waals surface area contributed by atoms with Crippen molar-refractivity contribution in [1.29, 1.82) is 5.26 Å². The van der Waals surface area contributed by atoms with Crippen molar-refractivity contribution >= 4 is 38.1 Å². The lowest BCUT2D eigenvalue weighted by Gasteiger charge is -2.36. The van der Waals surface area contributed by atoms with Gasteiger partial charge in [0.25, 0.3) is 0 Å². The maximum atomic E-state index is 17.0. The molecule has 6 nitrogen and oxygen atoms in total. The Hall–Kier alpha value is -3.35. The van der Waals surface area contributed by atoms with E-state index < -0.39 is 11.6 Å². The van der Waals surface area contributed by atoms with Crippen LogP contribution in [-0.2, 0) is 0 Å². The van der Waals surface area contributed by atoms with E-state index in [1.807, 2.05) is 19.9 Å². The number of rotatable bonds is 13. The Morgan fingerprint density at radius 3 is 2.43 bits per heavy atom. The van der Waals surface area contributed by atoms with Crippen molar-refractivity contribution in [3.8, 4) is 23.2 Å². The molecule has 3 atom stereocenters. The molecule has 0 spiro atoms. The summed E-state index contributed by atoms with van der Waals surface area (Å²) in [6.45, 7) is 17.2. The van der Waals surface area contributed by atoms with Crippen LogP contribution in [0, 0.1) is 34.8 Å². The number of thiophene rings is 1. The Morgan fingerprint density at radius 2 is 1.81 bits per heavy atom. The van der Waals surface area contributed by atoms with E-state index in [2.05, 4.69) is 57.5 Å². The number of hydrogen-bond acceptors (Lipinski definition) is 7. The van der Waals surface area contributed by atoms with Gasteiger partial charge in [-0.25, -0.2) is 8.78 Å². The third-order valence-electron chi connectivity index (χ3n) is 10.0. The molecular weight excluding hydrogens is 613 g/mol. The first-order valence-electron chi connectivity index (χ1n) is 17.3. The predicted molar refractivity (Wildman–Crippen MR) is 191 cm³/mol. The van der Waals surface area contributed by atoms with Crippen LogP contribution in [0.25, 0.3) is 32.1 Å². The summed E-state index contributed by atoms with van der Waals surface area (Å²) >= 11 is 1.27. The number of hydrogen-bond donors (Lipinski definition) is 0. The molecule has 9 heteroatoms. The van der Waals surface area contributed by atoms with Gasteiger partial charge < -0.3 is 14.5 Å². The van der Waals surface area contributed by atoms with Gasteiger partial charge in [-0.15, -0.1) is 11.3 Å². The maximum Gasteiger partial charge on any atom is 0.319 e. The van der Waals surface area contributed by atoms with Crippen molar-refractivity contribution in [1.82, 2.24) is 14.9 Å². The number of ether oxygens (including phenoxy) is 1. The van der Waals surface area contributed by atoms with E-state index in [0.29, 0.717) is 57.4 Å². The van der Waals surface area contributed by atoms with Gasteiger partial charge in [0.05, 0.1) is 10.3 Å². The van der Waals surface area contributed by atoms with Gasteiger partial charge in [-0.3, -0.25) is 0 Å². The van der Waals surface area contributed by atoms with Crippen molar-refractivity contribution < 1.29 is 13.5 Å². The number of likely N-dealkylation sites (N-methyl/N-ethyl adjacent to an activating group) is 1. The van der Waals surface area contributed by atoms with Crippen LogP contribution in [0.5, 0.6) is 6.01 Å². The molecule has 2 aromatic heterocycles. The first-order valence-corrected chi connectivity index (χ1v) is 18.1. The van der Waals surface area contributed by atoms with Crippen LogP contribution >= 0.6 is 11.3 Å². The molecule has 3 unspecified atom stereocenters. The van der Waals surface area contributed by atoms with Crippen molar-refractivity contribution in [2.24, 2.45) is 11.8 Å². The standard InChI is InChI=1S/C38H49F2N5OS/c1-9-24(7)13-18-31(22(3)4)45(10-2)37-28-15-14-27(26-16-17-30(39)36-32(26)29(20-41)35(47-36)23(5)6)33(40)34(28)42-38(43-37)46-21-25-12-11-19-44(25)8/h14-17,22-25,31H,9-13,18-19,21H2,1-8H3. The first kappa shape index (κ1) is 35.0. The fourth-order valence-electron chi connectivity index (χ4n) is 6.96. The first-order chi connectivity index (χ1) is 22.5. The van der Waals surface area contributed by atoms with Crippen molar-refractivity contribution in [2.45, 2.75) is 98.6 Å². The molecule has 3 heterocycles. The number of likely N-dealkylation sites (tertiary alicyclic amines) is 1. The molecule has 0 amide bonds. The van der Waals surface area contributed by atoms with Crippen LogP contribution in [0.15, 0.2) is 24.3 Å². The lowest BCUT2D eigenvalue weighted by atomic mass is 9.92. The van der Waals surface area contributed by atoms with Gasteiger partial charge >= 0.3 is 6.01 Å². The number of fused-ring (bicyclic) bond motifs is 2. The molecule has 1 aliphatic rings. The number of anilines is 1. The van der Waals surface area contributed by atoms with E-state index in [1.165, 1.54) is 17.4 Å². The topological polar surface area (TPSA) is 65.3 Å². The lowest BCUT2D eigenvalue weighted by molar-refractivity contribution is 0.188. The van der Waals surface area contributed by atoms with Gasteiger partial charge in [0.2, 0.25) is 0 Å². The van der Waals surface area contributed by atoms with Crippen LogP contribution in [0.4, 0.5) is 14.6 Å². The number of halogens is 2. The minimum Gasteiger partial charge on any atom is -0.462 e. The third kappa shape index (κ3) is 6.96. The Bertz CT molecular complexity index is 1760. The number of nitrogens with zero attached hydrogens (tertiary/aromatic N) is 5. The molecule has 4 aromatic rings. The molecule has 0 radical (unpaired) electrons. The summed E-state index contributed by atoms with van der Waals surface area (Å²) < 4.78 is 38.8. The number of aromatic nitrogens is 2. The second-order valence-corrected chi connectivity index (χ2v) is 14.9. The number of benzene rings is 2. The highest BCUT2D eigenvalue weighted by Gasteiger charge is 2.29. The zero-order chi connectivity index (χ0) is 34.0. The van der Waals surface area contributed by atoms with Gasteiger partial charge in [-0.2, -0.15) is 15.2 Å². The fraction of sp³-hybridized carbons (Fsp3) is 0.553. The van der Waals surface area contributed by atoms with E-state index in [9.17, 15) is 5.26 Å². The molecule has 5 rings (SSSR count). The van der Waals surface area contributed by atoms with Crippen molar-refractivity contribution in [3.05, 3.63) is 46.3 Å². The van der Waals surface area contributed by atoms with E-state index in [1.54, 1.807) is 12.1 Å². The smallest absolute Gasteiger partial charge is 0.319 e. The second kappa shape index (κ2) is 14.8. The second-order valence-electron chi connectivity index (χ2n) is 13.8. The lowest BCUT2D eigenvalue weighted by Crippen LogP contribution is -2.40. The van der Waals surface area contributed by atoms with E-state index in [0.717, 1.165) is 43.5 Å². The molecule has 0 bridgehead atoms. The summed E-state index contributed by atoms with van der Waals surface area (Å²) in [7, 11) is 2.09. The summed E-state index contributed by atoms with van der Waals surface area (Å²) in [5, 5.41) is 11.2. The molecule has 1 fully saturated rings. The molecule has 0 saturated carbocycles. The average Bonchev–Trinajstić information content (AvgIpc) is 3.66. The minimum atomic E-state index is -0.528. The quantitative estimate of drug-likeness (QED) is 0.142. The van der Waals surface area contributed by atoms with Crippen molar-refractivity contribution in [2.75, 3.05) is 31.6 Å². The molecule has 2 aromatic carbocycles. The van der Waals surface area contributed by atoms with Gasteiger partial charge in [0.15, 0.2) is 5.82 Å². The van der Waals surface area contributed by atoms with Gasteiger partial charge in [-0.1, -0.05) is 60.1 Å².